The zero-order chi connectivity index (χ0) is 16.4. The van der Waals surface area contributed by atoms with Gasteiger partial charge in [-0.15, -0.1) is 0 Å². The third-order valence-electron chi connectivity index (χ3n) is 4.32. The van der Waals surface area contributed by atoms with Crippen LogP contribution in [0.25, 0.3) is 0 Å². The van der Waals surface area contributed by atoms with Crippen molar-refractivity contribution in [3.63, 3.8) is 0 Å². The summed E-state index contributed by atoms with van der Waals surface area (Å²) in [6, 6.07) is 4.32. The first kappa shape index (κ1) is 15.4. The Balaban J connectivity index is 1.42. The molecule has 7 heteroatoms. The molecular formula is C17H21N5OS. The van der Waals surface area contributed by atoms with Crippen molar-refractivity contribution in [1.82, 2.24) is 9.97 Å². The molecular weight excluding hydrogens is 322 g/mol. The summed E-state index contributed by atoms with van der Waals surface area (Å²) in [6.45, 7) is 2.07. The molecule has 0 spiro atoms. The Bertz CT molecular complexity index is 721. The number of hydrogen-bond acceptors (Lipinski definition) is 6. The van der Waals surface area contributed by atoms with Gasteiger partial charge < -0.3 is 15.5 Å². The first-order valence-corrected chi connectivity index (χ1v) is 9.34. The number of aromatic nitrogens is 2. The molecule has 2 aliphatic rings. The second-order valence-electron chi connectivity index (χ2n) is 6.35. The van der Waals surface area contributed by atoms with Crippen molar-refractivity contribution < 1.29 is 4.79 Å². The molecule has 1 aliphatic carbocycles. The number of carbonyl (C=O) groups excluding carboxylic acids is 1. The Morgan fingerprint density at radius 2 is 2.04 bits per heavy atom. The van der Waals surface area contributed by atoms with Crippen molar-refractivity contribution in [1.29, 1.82) is 0 Å². The van der Waals surface area contributed by atoms with E-state index in [0.717, 1.165) is 29.7 Å². The van der Waals surface area contributed by atoms with Crippen LogP contribution < -0.4 is 15.5 Å². The van der Waals surface area contributed by atoms with Gasteiger partial charge in [0.1, 0.15) is 10.7 Å². The summed E-state index contributed by atoms with van der Waals surface area (Å²) in [5.41, 5.74) is 0.778. The van der Waals surface area contributed by atoms with Crippen LogP contribution in [0.5, 0.6) is 0 Å². The minimum atomic E-state index is -0.118. The number of hydrogen-bond donors (Lipinski definition) is 2. The summed E-state index contributed by atoms with van der Waals surface area (Å²) in [4.78, 5) is 24.0. The van der Waals surface area contributed by atoms with Crippen LogP contribution in [0, 0.1) is 0 Å². The Morgan fingerprint density at radius 1 is 1.21 bits per heavy atom. The van der Waals surface area contributed by atoms with Gasteiger partial charge in [0.15, 0.2) is 5.13 Å². The van der Waals surface area contributed by atoms with Gasteiger partial charge in [-0.25, -0.2) is 9.97 Å². The van der Waals surface area contributed by atoms with Crippen LogP contribution in [0.2, 0.25) is 0 Å². The summed E-state index contributed by atoms with van der Waals surface area (Å²) in [6.07, 6.45) is 9.47. The van der Waals surface area contributed by atoms with Gasteiger partial charge in [-0.3, -0.25) is 4.79 Å². The maximum atomic E-state index is 12.4. The highest BCUT2D eigenvalue weighted by Gasteiger charge is 2.22. The number of thiazole rings is 1. The fourth-order valence-electron chi connectivity index (χ4n) is 2.83. The largest absolute Gasteiger partial charge is 0.359 e. The van der Waals surface area contributed by atoms with E-state index in [9.17, 15) is 4.79 Å². The van der Waals surface area contributed by atoms with Crippen molar-refractivity contribution in [3.8, 4) is 0 Å². The molecule has 0 aromatic carbocycles. The Labute approximate surface area is 145 Å². The molecule has 4 rings (SSSR count). The van der Waals surface area contributed by atoms with Gasteiger partial charge in [-0.2, -0.15) is 0 Å². The molecule has 2 aromatic heterocycles. The summed E-state index contributed by atoms with van der Waals surface area (Å²) < 4.78 is 0. The van der Waals surface area contributed by atoms with Crippen LogP contribution in [0.4, 0.5) is 16.6 Å². The van der Waals surface area contributed by atoms with E-state index in [1.807, 2.05) is 12.1 Å². The lowest BCUT2D eigenvalue weighted by molar-refractivity contribution is 0.103. The Kier molecular flexibility index (Phi) is 4.34. The summed E-state index contributed by atoms with van der Waals surface area (Å²) >= 11 is 1.40. The van der Waals surface area contributed by atoms with E-state index in [1.165, 1.54) is 43.4 Å². The predicted octanol–water partition coefficient (Wildman–Crippen LogP) is 3.36. The molecule has 0 unspecified atom stereocenters. The van der Waals surface area contributed by atoms with Crippen LogP contribution in [0.1, 0.15) is 41.8 Å². The quantitative estimate of drug-likeness (QED) is 0.871. The predicted molar refractivity (Wildman–Crippen MR) is 97.0 cm³/mol. The average Bonchev–Trinajstić information content (AvgIpc) is 3.30. The molecule has 6 nitrogen and oxygen atoms in total. The van der Waals surface area contributed by atoms with Crippen molar-refractivity contribution in [2.24, 2.45) is 0 Å². The van der Waals surface area contributed by atoms with Crippen LogP contribution in [0.15, 0.2) is 24.5 Å². The van der Waals surface area contributed by atoms with Gasteiger partial charge in [-0.1, -0.05) is 11.3 Å². The minimum Gasteiger partial charge on any atom is -0.359 e. The van der Waals surface area contributed by atoms with Gasteiger partial charge in [0.25, 0.3) is 5.91 Å². The number of piperidine rings is 1. The number of pyridine rings is 1. The highest BCUT2D eigenvalue weighted by Crippen LogP contribution is 2.28. The van der Waals surface area contributed by atoms with Gasteiger partial charge in [0.2, 0.25) is 0 Å². The second-order valence-corrected chi connectivity index (χ2v) is 7.38. The van der Waals surface area contributed by atoms with Crippen LogP contribution in [0.3, 0.4) is 0 Å². The topological polar surface area (TPSA) is 70.2 Å². The van der Waals surface area contributed by atoms with Crippen molar-refractivity contribution in [3.05, 3.63) is 29.4 Å². The molecule has 2 N–H and O–H groups in total. The lowest BCUT2D eigenvalue weighted by atomic mass is 10.1. The highest BCUT2D eigenvalue weighted by molar-refractivity contribution is 7.17. The van der Waals surface area contributed by atoms with Crippen molar-refractivity contribution >= 4 is 33.9 Å². The molecule has 1 saturated carbocycles. The number of carbonyl (C=O) groups is 1. The molecule has 24 heavy (non-hydrogen) atoms. The fraction of sp³-hybridized carbons (Fsp3) is 0.471. The van der Waals surface area contributed by atoms with E-state index in [0.29, 0.717) is 10.9 Å². The normalized spacial score (nSPS) is 17.6. The average molecular weight is 343 g/mol. The van der Waals surface area contributed by atoms with Gasteiger partial charge in [0, 0.05) is 37.1 Å². The molecule has 0 radical (unpaired) electrons. The number of rotatable bonds is 5. The van der Waals surface area contributed by atoms with E-state index >= 15 is 0 Å². The Morgan fingerprint density at radius 3 is 2.83 bits per heavy atom. The molecule has 1 aliphatic heterocycles. The van der Waals surface area contributed by atoms with Gasteiger partial charge in [0.05, 0.1) is 6.20 Å². The number of amides is 1. The molecule has 3 heterocycles. The SMILES string of the molecule is O=C(Nc1ccnc(N2CCCCC2)c1)c1cnc(NC2CC2)s1. The first-order chi connectivity index (χ1) is 11.8. The summed E-state index contributed by atoms with van der Waals surface area (Å²) in [5, 5.41) is 7.10. The third kappa shape index (κ3) is 3.67. The fourth-order valence-corrected chi connectivity index (χ4v) is 3.62. The molecule has 126 valence electrons. The minimum absolute atomic E-state index is 0.118. The lowest BCUT2D eigenvalue weighted by Gasteiger charge is -2.27. The third-order valence-corrected chi connectivity index (χ3v) is 5.25. The van der Waals surface area contributed by atoms with E-state index in [-0.39, 0.29) is 5.91 Å². The monoisotopic (exact) mass is 343 g/mol. The molecule has 0 atom stereocenters. The van der Waals surface area contributed by atoms with Crippen LogP contribution in [-0.4, -0.2) is 35.0 Å². The number of nitrogens with one attached hydrogen (secondary N) is 2. The molecule has 0 bridgehead atoms. The summed E-state index contributed by atoms with van der Waals surface area (Å²) in [5.74, 6) is 0.819. The van der Waals surface area contributed by atoms with Crippen LogP contribution in [-0.2, 0) is 0 Å². The van der Waals surface area contributed by atoms with Gasteiger partial charge in [-0.05, 0) is 38.2 Å². The first-order valence-electron chi connectivity index (χ1n) is 8.53. The van der Waals surface area contributed by atoms with E-state index in [4.69, 9.17) is 0 Å². The smallest absolute Gasteiger partial charge is 0.267 e. The second kappa shape index (κ2) is 6.76. The van der Waals surface area contributed by atoms with E-state index in [2.05, 4.69) is 25.5 Å². The summed E-state index contributed by atoms with van der Waals surface area (Å²) in [7, 11) is 0. The maximum absolute atomic E-state index is 12.4. The number of anilines is 3. The highest BCUT2D eigenvalue weighted by atomic mass is 32.1. The van der Waals surface area contributed by atoms with Crippen LogP contribution >= 0.6 is 11.3 Å². The molecule has 2 aromatic rings. The lowest BCUT2D eigenvalue weighted by Crippen LogP contribution is -2.30. The molecule has 2 fully saturated rings. The van der Waals surface area contributed by atoms with Gasteiger partial charge >= 0.3 is 0 Å². The van der Waals surface area contributed by atoms with Crippen molar-refractivity contribution in [2.45, 2.75) is 38.1 Å². The molecule has 1 amide bonds. The molecule has 1 saturated heterocycles. The van der Waals surface area contributed by atoms with E-state index < -0.39 is 0 Å². The maximum Gasteiger partial charge on any atom is 0.267 e. The number of nitrogens with zero attached hydrogens (tertiary/aromatic N) is 3. The Hall–Kier alpha value is -2.15. The van der Waals surface area contributed by atoms with E-state index in [1.54, 1.807) is 12.4 Å². The standard InChI is InChI=1S/C17H21N5OS/c23-16(14-11-19-17(24-14)21-12-4-5-12)20-13-6-7-18-15(10-13)22-8-2-1-3-9-22/h6-7,10-12H,1-5,8-9H2,(H,19,21)(H,18,20,23). The zero-order valence-corrected chi connectivity index (χ0v) is 14.3. The van der Waals surface area contributed by atoms with Crippen molar-refractivity contribution in [2.75, 3.05) is 28.6 Å². The zero-order valence-electron chi connectivity index (χ0n) is 13.5.